The molecule has 3 nitrogen and oxygen atoms in total. The first-order chi connectivity index (χ1) is 8.11. The number of nitrogen functional groups attached to an aromatic ring is 1. The van der Waals surface area contributed by atoms with Crippen molar-refractivity contribution in [3.05, 3.63) is 28.8 Å². The van der Waals surface area contributed by atoms with Crippen LogP contribution in [0.15, 0.2) is 18.2 Å². The van der Waals surface area contributed by atoms with Crippen LogP contribution in [-0.4, -0.2) is 30.4 Å². The lowest BCUT2D eigenvalue weighted by Crippen LogP contribution is -2.33. The number of anilines is 1. The molecule has 0 amide bonds. The van der Waals surface area contributed by atoms with Crippen LogP contribution in [0.3, 0.4) is 0 Å². The lowest BCUT2D eigenvalue weighted by atomic mass is 10.1. The number of hydrogen-bond acceptors (Lipinski definition) is 3. The summed E-state index contributed by atoms with van der Waals surface area (Å²) < 4.78 is 0. The molecule has 92 valence electrons. The van der Waals surface area contributed by atoms with E-state index < -0.39 is 0 Å². The van der Waals surface area contributed by atoms with Crippen molar-refractivity contribution < 1.29 is 0 Å². The molecule has 2 rings (SSSR count). The Hall–Kier alpha value is -0.870. The summed E-state index contributed by atoms with van der Waals surface area (Å²) in [7, 11) is 2.05. The van der Waals surface area contributed by atoms with Crippen molar-refractivity contribution in [1.29, 1.82) is 5.41 Å². The Kier molecular flexibility index (Phi) is 3.84. The van der Waals surface area contributed by atoms with E-state index in [-0.39, 0.29) is 5.84 Å². The molecule has 3 N–H and O–H groups in total. The number of rotatable bonds is 3. The van der Waals surface area contributed by atoms with E-state index in [2.05, 4.69) is 11.9 Å². The largest absolute Gasteiger partial charge is 0.384 e. The zero-order valence-electron chi connectivity index (χ0n) is 9.74. The Balaban J connectivity index is 2.36. The van der Waals surface area contributed by atoms with Gasteiger partial charge in [0, 0.05) is 24.5 Å². The molecule has 0 spiro atoms. The highest BCUT2D eigenvalue weighted by Gasteiger charge is 2.23. The first-order valence-corrected chi connectivity index (χ1v) is 7.08. The van der Waals surface area contributed by atoms with Gasteiger partial charge < -0.3 is 10.6 Å². The van der Waals surface area contributed by atoms with Gasteiger partial charge in [0.05, 0.1) is 10.6 Å². The zero-order valence-corrected chi connectivity index (χ0v) is 11.3. The number of halogens is 1. The standard InChI is InChI=1S/C12H16ClN3S/c1-16(8-5-6-17-7-8)10-4-2-3-9(13)11(10)12(14)15/h2-4,8H,5-7H2,1H3,(H3,14,15). The topological polar surface area (TPSA) is 53.1 Å². The number of nitrogens with two attached hydrogens (primary N) is 1. The number of amidine groups is 1. The van der Waals surface area contributed by atoms with E-state index in [1.54, 1.807) is 6.07 Å². The maximum atomic E-state index is 7.64. The number of benzene rings is 1. The highest BCUT2D eigenvalue weighted by molar-refractivity contribution is 7.99. The van der Waals surface area contributed by atoms with Gasteiger partial charge in [0.1, 0.15) is 5.84 Å². The number of nitrogens with zero attached hydrogens (tertiary/aromatic N) is 1. The maximum absolute atomic E-state index is 7.64. The van der Waals surface area contributed by atoms with Crippen LogP contribution in [0, 0.1) is 5.41 Å². The Morgan fingerprint density at radius 2 is 2.35 bits per heavy atom. The average molecular weight is 270 g/mol. The summed E-state index contributed by atoms with van der Waals surface area (Å²) in [4.78, 5) is 2.20. The van der Waals surface area contributed by atoms with Gasteiger partial charge in [0.2, 0.25) is 0 Å². The summed E-state index contributed by atoms with van der Waals surface area (Å²) in [6, 6.07) is 6.17. The summed E-state index contributed by atoms with van der Waals surface area (Å²) >= 11 is 8.09. The molecule has 0 aromatic heterocycles. The molecule has 1 unspecified atom stereocenters. The van der Waals surface area contributed by atoms with Gasteiger partial charge in [-0.15, -0.1) is 0 Å². The van der Waals surface area contributed by atoms with Gasteiger partial charge >= 0.3 is 0 Å². The van der Waals surface area contributed by atoms with Crippen LogP contribution in [0.1, 0.15) is 12.0 Å². The Morgan fingerprint density at radius 1 is 1.59 bits per heavy atom. The van der Waals surface area contributed by atoms with Crippen LogP contribution in [0.5, 0.6) is 0 Å². The van der Waals surface area contributed by atoms with E-state index in [0.29, 0.717) is 16.6 Å². The molecule has 0 saturated carbocycles. The number of nitrogens with one attached hydrogen (secondary N) is 1. The minimum absolute atomic E-state index is 0.0306. The highest BCUT2D eigenvalue weighted by Crippen LogP contribution is 2.31. The summed E-state index contributed by atoms with van der Waals surface area (Å²) in [5.74, 6) is 2.36. The summed E-state index contributed by atoms with van der Waals surface area (Å²) in [6.45, 7) is 0. The second-order valence-electron chi connectivity index (χ2n) is 4.18. The van der Waals surface area contributed by atoms with E-state index in [4.69, 9.17) is 22.7 Å². The van der Waals surface area contributed by atoms with Crippen LogP contribution in [0.2, 0.25) is 5.02 Å². The SMILES string of the molecule is CN(c1cccc(Cl)c1C(=N)N)C1CCSC1. The number of hydrogen-bond donors (Lipinski definition) is 2. The third kappa shape index (κ3) is 2.53. The predicted octanol–water partition coefficient (Wildman–Crippen LogP) is 2.57. The van der Waals surface area contributed by atoms with Crippen LogP contribution in [0.4, 0.5) is 5.69 Å². The van der Waals surface area contributed by atoms with Crippen molar-refractivity contribution in [1.82, 2.24) is 0 Å². The molecule has 1 heterocycles. The molecule has 1 aliphatic rings. The maximum Gasteiger partial charge on any atom is 0.126 e. The predicted molar refractivity (Wildman–Crippen MR) is 76.6 cm³/mol. The van der Waals surface area contributed by atoms with Crippen molar-refractivity contribution in [3.63, 3.8) is 0 Å². The van der Waals surface area contributed by atoms with Crippen LogP contribution < -0.4 is 10.6 Å². The Labute approximate surface area is 111 Å². The molecule has 1 fully saturated rings. The van der Waals surface area contributed by atoms with Gasteiger partial charge in [0.15, 0.2) is 0 Å². The molecule has 1 atom stereocenters. The fraction of sp³-hybridized carbons (Fsp3) is 0.417. The van der Waals surface area contributed by atoms with E-state index >= 15 is 0 Å². The van der Waals surface area contributed by atoms with Crippen LogP contribution in [0.25, 0.3) is 0 Å². The minimum Gasteiger partial charge on any atom is -0.384 e. The quantitative estimate of drug-likeness (QED) is 0.655. The van der Waals surface area contributed by atoms with E-state index in [9.17, 15) is 0 Å². The lowest BCUT2D eigenvalue weighted by molar-refractivity contribution is 0.699. The Morgan fingerprint density at radius 3 is 2.94 bits per heavy atom. The molecule has 0 bridgehead atoms. The molecule has 0 aliphatic carbocycles. The monoisotopic (exact) mass is 269 g/mol. The Bertz CT molecular complexity index is 430. The molecule has 1 saturated heterocycles. The molecule has 1 aromatic rings. The van der Waals surface area contributed by atoms with E-state index in [1.165, 1.54) is 12.2 Å². The summed E-state index contributed by atoms with van der Waals surface area (Å²) in [5, 5.41) is 8.19. The molecule has 1 aliphatic heterocycles. The average Bonchev–Trinajstić information content (AvgIpc) is 2.80. The van der Waals surface area contributed by atoms with Crippen molar-refractivity contribution >= 4 is 34.9 Å². The van der Waals surface area contributed by atoms with E-state index in [1.807, 2.05) is 23.9 Å². The smallest absolute Gasteiger partial charge is 0.126 e. The third-order valence-corrected chi connectivity index (χ3v) is 4.55. The molecule has 5 heteroatoms. The van der Waals surface area contributed by atoms with Gasteiger partial charge in [-0.3, -0.25) is 5.41 Å². The number of thioether (sulfide) groups is 1. The van der Waals surface area contributed by atoms with Gasteiger partial charge in [-0.05, 0) is 24.3 Å². The second-order valence-corrected chi connectivity index (χ2v) is 5.73. The summed E-state index contributed by atoms with van der Waals surface area (Å²) in [5.41, 5.74) is 7.22. The van der Waals surface area contributed by atoms with Gasteiger partial charge in [-0.2, -0.15) is 11.8 Å². The fourth-order valence-corrected chi connectivity index (χ4v) is 3.64. The molecular formula is C12H16ClN3S. The first-order valence-electron chi connectivity index (χ1n) is 5.54. The van der Waals surface area contributed by atoms with Crippen LogP contribution in [-0.2, 0) is 0 Å². The first kappa shape index (κ1) is 12.6. The van der Waals surface area contributed by atoms with Crippen molar-refractivity contribution in [2.45, 2.75) is 12.5 Å². The minimum atomic E-state index is 0.0306. The highest BCUT2D eigenvalue weighted by atomic mass is 35.5. The van der Waals surface area contributed by atoms with Crippen molar-refractivity contribution in [2.75, 3.05) is 23.5 Å². The molecule has 0 radical (unpaired) electrons. The molecule has 17 heavy (non-hydrogen) atoms. The van der Waals surface area contributed by atoms with Gasteiger partial charge in [-0.25, -0.2) is 0 Å². The lowest BCUT2D eigenvalue weighted by Gasteiger charge is -2.28. The molecule has 1 aromatic carbocycles. The third-order valence-electron chi connectivity index (χ3n) is 3.09. The summed E-state index contributed by atoms with van der Waals surface area (Å²) in [6.07, 6.45) is 1.17. The van der Waals surface area contributed by atoms with Gasteiger partial charge in [-0.1, -0.05) is 17.7 Å². The van der Waals surface area contributed by atoms with Crippen molar-refractivity contribution in [3.8, 4) is 0 Å². The fourth-order valence-electron chi connectivity index (χ4n) is 2.10. The molecular weight excluding hydrogens is 254 g/mol. The second kappa shape index (κ2) is 5.19. The van der Waals surface area contributed by atoms with E-state index in [0.717, 1.165) is 11.4 Å². The normalized spacial score (nSPS) is 19.3. The van der Waals surface area contributed by atoms with Crippen LogP contribution >= 0.6 is 23.4 Å². The van der Waals surface area contributed by atoms with Crippen molar-refractivity contribution in [2.24, 2.45) is 5.73 Å². The van der Waals surface area contributed by atoms with Gasteiger partial charge in [0.25, 0.3) is 0 Å². The zero-order chi connectivity index (χ0) is 12.4.